The van der Waals surface area contributed by atoms with Crippen molar-refractivity contribution in [2.45, 2.75) is 6.42 Å². The average Bonchev–Trinajstić information content (AvgIpc) is 3.34. The van der Waals surface area contributed by atoms with Crippen LogP contribution in [0.1, 0.15) is 11.4 Å². The number of amides is 1. The molecule has 1 aliphatic heterocycles. The number of hydrogen-bond donors (Lipinski definition) is 1. The molecule has 4 heterocycles. The van der Waals surface area contributed by atoms with E-state index in [1.807, 2.05) is 21.4 Å². The van der Waals surface area contributed by atoms with Gasteiger partial charge in [0.05, 0.1) is 31.5 Å². The number of thiazole rings is 2. The predicted molar refractivity (Wildman–Crippen MR) is 103 cm³/mol. The maximum absolute atomic E-state index is 12.1. The number of nitrogens with zero attached hydrogens (tertiary/aromatic N) is 5. The number of imidazole rings is 1. The molecular weight excluding hydrogens is 396 g/mol. The topological polar surface area (TPSA) is 84.1 Å². The van der Waals surface area contributed by atoms with Gasteiger partial charge in [0, 0.05) is 30.0 Å². The van der Waals surface area contributed by atoms with Crippen molar-refractivity contribution in [3.63, 3.8) is 0 Å². The van der Waals surface area contributed by atoms with Crippen LogP contribution in [-0.4, -0.2) is 52.8 Å². The second-order valence-electron chi connectivity index (χ2n) is 5.53. The van der Waals surface area contributed by atoms with Gasteiger partial charge in [-0.05, 0) is 0 Å². The van der Waals surface area contributed by atoms with Crippen molar-refractivity contribution in [2.24, 2.45) is 5.10 Å². The zero-order chi connectivity index (χ0) is 17.9. The van der Waals surface area contributed by atoms with Gasteiger partial charge in [-0.15, -0.1) is 22.7 Å². The van der Waals surface area contributed by atoms with Crippen molar-refractivity contribution in [3.8, 4) is 0 Å². The van der Waals surface area contributed by atoms with Gasteiger partial charge in [-0.25, -0.2) is 15.4 Å². The Balaban J connectivity index is 1.35. The van der Waals surface area contributed by atoms with E-state index >= 15 is 0 Å². The summed E-state index contributed by atoms with van der Waals surface area (Å²) in [5.41, 5.74) is 3.87. The smallest absolute Gasteiger partial charge is 0.246 e. The third kappa shape index (κ3) is 3.73. The monoisotopic (exact) mass is 410 g/mol. The van der Waals surface area contributed by atoms with E-state index in [9.17, 15) is 4.79 Å². The number of nitrogens with one attached hydrogen (secondary N) is 1. The minimum Gasteiger partial charge on any atom is -0.378 e. The fourth-order valence-electron chi connectivity index (χ4n) is 2.54. The molecule has 0 aliphatic carbocycles. The van der Waals surface area contributed by atoms with Crippen LogP contribution in [0.2, 0.25) is 5.15 Å². The van der Waals surface area contributed by atoms with E-state index in [4.69, 9.17) is 16.3 Å². The van der Waals surface area contributed by atoms with Crippen LogP contribution in [0.3, 0.4) is 0 Å². The van der Waals surface area contributed by atoms with Crippen LogP contribution >= 0.6 is 34.3 Å². The summed E-state index contributed by atoms with van der Waals surface area (Å²) in [5.74, 6) is -0.234. The lowest BCUT2D eigenvalue weighted by atomic mass is 10.3. The molecule has 1 fully saturated rings. The highest BCUT2D eigenvalue weighted by atomic mass is 35.5. The molecule has 136 valence electrons. The van der Waals surface area contributed by atoms with Crippen molar-refractivity contribution in [1.82, 2.24) is 19.8 Å². The van der Waals surface area contributed by atoms with Gasteiger partial charge in [0.1, 0.15) is 5.69 Å². The van der Waals surface area contributed by atoms with E-state index in [0.717, 1.165) is 28.9 Å². The van der Waals surface area contributed by atoms with Crippen molar-refractivity contribution in [2.75, 3.05) is 31.2 Å². The lowest BCUT2D eigenvalue weighted by molar-refractivity contribution is -0.120. The normalized spacial score (nSPS) is 15.2. The number of hydrogen-bond acceptors (Lipinski definition) is 8. The summed E-state index contributed by atoms with van der Waals surface area (Å²) >= 11 is 9.09. The Morgan fingerprint density at radius 1 is 1.38 bits per heavy atom. The summed E-state index contributed by atoms with van der Waals surface area (Å²) < 4.78 is 7.15. The molecule has 0 saturated carbocycles. The molecule has 3 aromatic heterocycles. The molecule has 0 atom stereocenters. The third-order valence-corrected chi connectivity index (χ3v) is 5.78. The van der Waals surface area contributed by atoms with Gasteiger partial charge in [-0.3, -0.25) is 9.20 Å². The van der Waals surface area contributed by atoms with E-state index in [1.54, 1.807) is 0 Å². The minimum absolute atomic E-state index is 0.173. The SMILES string of the molecule is O=C(Cc1csc(N2CCOCC2)n1)N/N=C\c1c(Cl)nc2sccn12. The molecule has 0 radical (unpaired) electrons. The fourth-order valence-corrected chi connectivity index (χ4v) is 4.41. The van der Waals surface area contributed by atoms with Crippen molar-refractivity contribution >= 4 is 56.5 Å². The molecule has 0 unspecified atom stereocenters. The fraction of sp³-hybridized carbons (Fsp3) is 0.333. The molecule has 1 amide bonds. The Bertz CT molecular complexity index is 943. The molecule has 26 heavy (non-hydrogen) atoms. The highest BCUT2D eigenvalue weighted by molar-refractivity contribution is 7.15. The van der Waals surface area contributed by atoms with E-state index in [1.165, 1.54) is 28.9 Å². The molecular formula is C15H15ClN6O2S2. The molecule has 1 aliphatic rings. The first-order valence-electron chi connectivity index (χ1n) is 7.91. The Labute approximate surface area is 162 Å². The summed E-state index contributed by atoms with van der Waals surface area (Å²) in [5, 5.41) is 9.06. The molecule has 8 nitrogen and oxygen atoms in total. The van der Waals surface area contributed by atoms with Crippen LogP contribution in [0.5, 0.6) is 0 Å². The number of anilines is 1. The maximum Gasteiger partial charge on any atom is 0.246 e. The molecule has 3 aromatic rings. The lowest BCUT2D eigenvalue weighted by Gasteiger charge is -2.26. The van der Waals surface area contributed by atoms with E-state index < -0.39 is 0 Å². The van der Waals surface area contributed by atoms with Crippen molar-refractivity contribution in [1.29, 1.82) is 0 Å². The van der Waals surface area contributed by atoms with Gasteiger partial charge in [0.25, 0.3) is 0 Å². The number of rotatable bonds is 5. The van der Waals surface area contributed by atoms with Crippen molar-refractivity contribution < 1.29 is 9.53 Å². The summed E-state index contributed by atoms with van der Waals surface area (Å²) in [7, 11) is 0. The standard InChI is InChI=1S/C15H15ClN6O2S2/c16-13-11(22-3-6-25-15(22)19-13)8-17-20-12(23)7-10-9-26-14(18-10)21-1-4-24-5-2-21/h3,6,8-9H,1-2,4-5,7H2,(H,20,23)/b17-8-. The molecule has 0 aromatic carbocycles. The Hall–Kier alpha value is -2.01. The molecule has 1 saturated heterocycles. The number of carbonyl (C=O) groups excluding carboxylic acids is 1. The van der Waals surface area contributed by atoms with Crippen LogP contribution in [0.4, 0.5) is 5.13 Å². The number of morpholine rings is 1. The maximum atomic E-state index is 12.1. The predicted octanol–water partition coefficient (Wildman–Crippen LogP) is 2.04. The highest BCUT2D eigenvalue weighted by Crippen LogP contribution is 2.22. The number of fused-ring (bicyclic) bond motifs is 1. The number of carbonyl (C=O) groups is 1. The van der Waals surface area contributed by atoms with Crippen LogP contribution in [0.15, 0.2) is 22.1 Å². The van der Waals surface area contributed by atoms with Gasteiger partial charge in [0.2, 0.25) is 5.91 Å². The molecule has 11 heteroatoms. The Kier molecular flexibility index (Phi) is 5.16. The third-order valence-electron chi connectivity index (χ3n) is 3.79. The highest BCUT2D eigenvalue weighted by Gasteiger charge is 2.15. The van der Waals surface area contributed by atoms with Crippen molar-refractivity contribution in [3.05, 3.63) is 33.5 Å². The van der Waals surface area contributed by atoms with Crippen LogP contribution in [0.25, 0.3) is 4.96 Å². The second-order valence-corrected chi connectivity index (χ2v) is 7.60. The summed E-state index contributed by atoms with van der Waals surface area (Å²) in [6.45, 7) is 3.07. The zero-order valence-electron chi connectivity index (χ0n) is 13.6. The number of aromatic nitrogens is 3. The zero-order valence-corrected chi connectivity index (χ0v) is 16.0. The summed E-state index contributed by atoms with van der Waals surface area (Å²) in [6, 6.07) is 0. The van der Waals surface area contributed by atoms with Crippen LogP contribution in [-0.2, 0) is 16.0 Å². The number of ether oxygens (including phenoxy) is 1. The molecule has 0 spiro atoms. The second kappa shape index (κ2) is 7.70. The van der Waals surface area contributed by atoms with Gasteiger partial charge in [-0.1, -0.05) is 11.6 Å². The van der Waals surface area contributed by atoms with Gasteiger partial charge >= 0.3 is 0 Å². The molecule has 4 rings (SSSR count). The number of halogens is 1. The molecule has 1 N–H and O–H groups in total. The van der Waals surface area contributed by atoms with E-state index in [0.29, 0.717) is 24.1 Å². The van der Waals surface area contributed by atoms with Crippen LogP contribution in [0, 0.1) is 0 Å². The average molecular weight is 411 g/mol. The number of hydrazone groups is 1. The largest absolute Gasteiger partial charge is 0.378 e. The first kappa shape index (κ1) is 17.4. The van der Waals surface area contributed by atoms with Gasteiger partial charge in [0.15, 0.2) is 15.2 Å². The minimum atomic E-state index is -0.234. The van der Waals surface area contributed by atoms with Gasteiger partial charge < -0.3 is 9.64 Å². The van der Waals surface area contributed by atoms with E-state index in [2.05, 4.69) is 25.4 Å². The van der Waals surface area contributed by atoms with Crippen LogP contribution < -0.4 is 10.3 Å². The quantitative estimate of drug-likeness (QED) is 0.514. The Morgan fingerprint density at radius 3 is 3.08 bits per heavy atom. The summed E-state index contributed by atoms with van der Waals surface area (Å²) in [6.07, 6.45) is 3.52. The first-order valence-corrected chi connectivity index (χ1v) is 10.0. The Morgan fingerprint density at radius 2 is 2.23 bits per heavy atom. The van der Waals surface area contributed by atoms with Gasteiger partial charge in [-0.2, -0.15) is 5.10 Å². The summed E-state index contributed by atoms with van der Waals surface area (Å²) in [4.78, 5) is 23.8. The first-order chi connectivity index (χ1) is 12.7. The van der Waals surface area contributed by atoms with E-state index in [-0.39, 0.29) is 12.3 Å². The lowest BCUT2D eigenvalue weighted by Crippen LogP contribution is -2.36. The molecule has 0 bridgehead atoms.